The number of phenolic OH excluding ortho intramolecular Hbond substituents is 2. The summed E-state index contributed by atoms with van der Waals surface area (Å²) >= 11 is 0. The molecule has 1 fully saturated rings. The molecule has 0 heterocycles. The second kappa shape index (κ2) is 5.41. The Labute approximate surface area is 102 Å². The fourth-order valence-electron chi connectivity index (χ4n) is 2.37. The Kier molecular flexibility index (Phi) is 3.89. The SMILES string of the molecule is CC(NCCC1CCC1)c1c(O)cccc1O. The molecule has 2 rings (SSSR count). The van der Waals surface area contributed by atoms with Gasteiger partial charge in [-0.05, 0) is 37.9 Å². The standard InChI is InChI=1S/C14H21NO2/c1-10(15-9-8-11-4-2-5-11)14-12(16)6-3-7-13(14)17/h3,6-7,10-11,15-17H,2,4-5,8-9H2,1H3. The number of nitrogens with one attached hydrogen (secondary N) is 1. The molecule has 1 aliphatic rings. The van der Waals surface area contributed by atoms with E-state index in [9.17, 15) is 10.2 Å². The third kappa shape index (κ3) is 2.91. The van der Waals surface area contributed by atoms with Gasteiger partial charge in [-0.25, -0.2) is 0 Å². The lowest BCUT2D eigenvalue weighted by Crippen LogP contribution is -2.24. The second-order valence-corrected chi connectivity index (χ2v) is 4.97. The summed E-state index contributed by atoms with van der Waals surface area (Å²) in [5.74, 6) is 1.20. The first-order valence-corrected chi connectivity index (χ1v) is 6.42. The highest BCUT2D eigenvalue weighted by Gasteiger charge is 2.18. The van der Waals surface area contributed by atoms with E-state index in [4.69, 9.17) is 0 Å². The molecule has 1 aromatic carbocycles. The summed E-state index contributed by atoms with van der Waals surface area (Å²) in [6.45, 7) is 2.91. The average molecular weight is 235 g/mol. The van der Waals surface area contributed by atoms with Gasteiger partial charge in [0.05, 0.1) is 5.56 Å². The van der Waals surface area contributed by atoms with E-state index in [1.54, 1.807) is 18.2 Å². The quantitative estimate of drug-likeness (QED) is 0.735. The normalized spacial score (nSPS) is 17.7. The molecule has 1 saturated carbocycles. The summed E-state index contributed by atoms with van der Waals surface area (Å²) in [6.07, 6.45) is 5.29. The van der Waals surface area contributed by atoms with Crippen molar-refractivity contribution >= 4 is 0 Å². The summed E-state index contributed by atoms with van der Waals surface area (Å²) in [7, 11) is 0. The van der Waals surface area contributed by atoms with E-state index < -0.39 is 0 Å². The van der Waals surface area contributed by atoms with Gasteiger partial charge in [-0.1, -0.05) is 25.3 Å². The van der Waals surface area contributed by atoms with Gasteiger partial charge in [-0.15, -0.1) is 0 Å². The molecule has 1 atom stereocenters. The van der Waals surface area contributed by atoms with Gasteiger partial charge in [-0.3, -0.25) is 0 Å². The van der Waals surface area contributed by atoms with Crippen LogP contribution in [0.3, 0.4) is 0 Å². The van der Waals surface area contributed by atoms with Crippen LogP contribution in [0.2, 0.25) is 0 Å². The van der Waals surface area contributed by atoms with Crippen LogP contribution in [0.1, 0.15) is 44.2 Å². The third-order valence-corrected chi connectivity index (χ3v) is 3.72. The molecule has 0 radical (unpaired) electrons. The van der Waals surface area contributed by atoms with Crippen molar-refractivity contribution in [3.8, 4) is 11.5 Å². The lowest BCUT2D eigenvalue weighted by atomic mass is 9.83. The minimum Gasteiger partial charge on any atom is -0.507 e. The summed E-state index contributed by atoms with van der Waals surface area (Å²) < 4.78 is 0. The molecule has 1 aromatic rings. The molecular formula is C14H21NO2. The Morgan fingerprint density at radius 3 is 2.47 bits per heavy atom. The fraction of sp³-hybridized carbons (Fsp3) is 0.571. The predicted molar refractivity (Wildman–Crippen MR) is 68.1 cm³/mol. The highest BCUT2D eigenvalue weighted by Crippen LogP contribution is 2.33. The smallest absolute Gasteiger partial charge is 0.124 e. The molecule has 3 N–H and O–H groups in total. The Morgan fingerprint density at radius 1 is 1.29 bits per heavy atom. The Morgan fingerprint density at radius 2 is 1.94 bits per heavy atom. The van der Waals surface area contributed by atoms with Crippen LogP contribution < -0.4 is 5.32 Å². The highest BCUT2D eigenvalue weighted by molar-refractivity contribution is 5.44. The first kappa shape index (κ1) is 12.2. The van der Waals surface area contributed by atoms with Crippen molar-refractivity contribution in [3.63, 3.8) is 0 Å². The van der Waals surface area contributed by atoms with Crippen molar-refractivity contribution in [3.05, 3.63) is 23.8 Å². The van der Waals surface area contributed by atoms with Gasteiger partial charge < -0.3 is 15.5 Å². The van der Waals surface area contributed by atoms with Gasteiger partial charge in [-0.2, -0.15) is 0 Å². The number of phenols is 2. The van der Waals surface area contributed by atoms with Crippen LogP contribution in [0, 0.1) is 5.92 Å². The molecule has 0 bridgehead atoms. The van der Waals surface area contributed by atoms with Crippen LogP contribution in [-0.4, -0.2) is 16.8 Å². The van der Waals surface area contributed by atoms with Gasteiger partial charge in [0.1, 0.15) is 11.5 Å². The van der Waals surface area contributed by atoms with Gasteiger partial charge in [0.15, 0.2) is 0 Å². The van der Waals surface area contributed by atoms with Gasteiger partial charge in [0.25, 0.3) is 0 Å². The largest absolute Gasteiger partial charge is 0.507 e. The van der Waals surface area contributed by atoms with E-state index in [0.717, 1.165) is 12.5 Å². The van der Waals surface area contributed by atoms with Crippen molar-refractivity contribution in [2.24, 2.45) is 5.92 Å². The molecule has 0 aromatic heterocycles. The third-order valence-electron chi connectivity index (χ3n) is 3.72. The second-order valence-electron chi connectivity index (χ2n) is 4.97. The molecule has 17 heavy (non-hydrogen) atoms. The number of benzene rings is 1. The molecule has 3 nitrogen and oxygen atoms in total. The average Bonchev–Trinajstić information content (AvgIpc) is 2.21. The molecule has 3 heteroatoms. The summed E-state index contributed by atoms with van der Waals surface area (Å²) in [5.41, 5.74) is 0.598. The molecule has 0 aliphatic heterocycles. The Hall–Kier alpha value is -1.22. The highest BCUT2D eigenvalue weighted by atomic mass is 16.3. The van der Waals surface area contributed by atoms with Crippen molar-refractivity contribution < 1.29 is 10.2 Å². The molecule has 94 valence electrons. The predicted octanol–water partition coefficient (Wildman–Crippen LogP) is 2.94. The van der Waals surface area contributed by atoms with E-state index in [1.165, 1.54) is 25.7 Å². The van der Waals surface area contributed by atoms with Gasteiger partial charge in [0, 0.05) is 6.04 Å². The zero-order valence-electron chi connectivity index (χ0n) is 10.3. The van der Waals surface area contributed by atoms with Crippen molar-refractivity contribution in [2.75, 3.05) is 6.54 Å². The minimum absolute atomic E-state index is 0.0173. The molecule has 0 amide bonds. The maximum atomic E-state index is 9.73. The first-order chi connectivity index (χ1) is 8.18. The maximum absolute atomic E-state index is 9.73. The summed E-state index contributed by atoms with van der Waals surface area (Å²) in [6, 6.07) is 4.85. The van der Waals surface area contributed by atoms with Crippen LogP contribution in [0.4, 0.5) is 0 Å². The van der Waals surface area contributed by atoms with Crippen LogP contribution in [-0.2, 0) is 0 Å². The Bertz CT molecular complexity index is 354. The van der Waals surface area contributed by atoms with Crippen LogP contribution in [0.15, 0.2) is 18.2 Å². The van der Waals surface area contributed by atoms with E-state index >= 15 is 0 Å². The number of hydrogen-bond donors (Lipinski definition) is 3. The monoisotopic (exact) mass is 235 g/mol. The van der Waals surface area contributed by atoms with Crippen LogP contribution >= 0.6 is 0 Å². The fourth-order valence-corrected chi connectivity index (χ4v) is 2.37. The molecule has 1 aliphatic carbocycles. The molecule has 1 unspecified atom stereocenters. The lowest BCUT2D eigenvalue weighted by molar-refractivity contribution is 0.287. The number of hydrogen-bond acceptors (Lipinski definition) is 3. The molecular weight excluding hydrogens is 214 g/mol. The van der Waals surface area contributed by atoms with E-state index in [-0.39, 0.29) is 17.5 Å². The van der Waals surface area contributed by atoms with Gasteiger partial charge in [0.2, 0.25) is 0 Å². The van der Waals surface area contributed by atoms with E-state index in [2.05, 4.69) is 5.32 Å². The topological polar surface area (TPSA) is 52.5 Å². The van der Waals surface area contributed by atoms with Gasteiger partial charge >= 0.3 is 0 Å². The zero-order valence-corrected chi connectivity index (χ0v) is 10.3. The number of aromatic hydroxyl groups is 2. The zero-order chi connectivity index (χ0) is 12.3. The molecule has 0 spiro atoms. The van der Waals surface area contributed by atoms with E-state index in [0.29, 0.717) is 5.56 Å². The van der Waals surface area contributed by atoms with Crippen molar-refractivity contribution in [1.82, 2.24) is 5.32 Å². The first-order valence-electron chi connectivity index (χ1n) is 6.42. The Balaban J connectivity index is 1.87. The molecule has 0 saturated heterocycles. The maximum Gasteiger partial charge on any atom is 0.124 e. The number of rotatable bonds is 5. The summed E-state index contributed by atoms with van der Waals surface area (Å²) in [5, 5.41) is 22.8. The van der Waals surface area contributed by atoms with Crippen molar-refractivity contribution in [1.29, 1.82) is 0 Å². The van der Waals surface area contributed by atoms with Crippen molar-refractivity contribution in [2.45, 2.75) is 38.6 Å². The summed E-state index contributed by atoms with van der Waals surface area (Å²) in [4.78, 5) is 0. The minimum atomic E-state index is -0.0173. The van der Waals surface area contributed by atoms with E-state index in [1.807, 2.05) is 6.92 Å². The lowest BCUT2D eigenvalue weighted by Gasteiger charge is -2.26. The van der Waals surface area contributed by atoms with Crippen LogP contribution in [0.5, 0.6) is 11.5 Å². The van der Waals surface area contributed by atoms with Crippen LogP contribution in [0.25, 0.3) is 0 Å².